The Balaban J connectivity index is 1.59. The van der Waals surface area contributed by atoms with E-state index in [4.69, 9.17) is 18.9 Å². The number of methoxy groups -OCH3 is 1. The van der Waals surface area contributed by atoms with Gasteiger partial charge in [-0.25, -0.2) is 0 Å². The lowest BCUT2D eigenvalue weighted by atomic mass is 9.74. The fourth-order valence-corrected chi connectivity index (χ4v) is 8.11. The van der Waals surface area contributed by atoms with Crippen molar-refractivity contribution in [3.05, 3.63) is 0 Å². The quantitative estimate of drug-likeness (QED) is 0.277. The number of ether oxygens (including phenoxy) is 4. The van der Waals surface area contributed by atoms with E-state index in [2.05, 4.69) is 30.7 Å². The van der Waals surface area contributed by atoms with Crippen molar-refractivity contribution in [1.82, 2.24) is 14.7 Å². The maximum Gasteiger partial charge on any atom is 0.319 e. The first kappa shape index (κ1) is 37.7. The van der Waals surface area contributed by atoms with Crippen LogP contribution in [0.2, 0.25) is 0 Å². The number of carbonyl (C=O) groups is 2. The Morgan fingerprint density at radius 2 is 1.72 bits per heavy atom. The Kier molecular flexibility index (Phi) is 13.1. The van der Waals surface area contributed by atoms with Crippen LogP contribution >= 0.6 is 0 Å². The molecule has 0 spiro atoms. The Hall–Kier alpha value is -1.14. The fourth-order valence-electron chi connectivity index (χ4n) is 8.11. The molecule has 2 aliphatic heterocycles. The maximum atomic E-state index is 14.2. The van der Waals surface area contributed by atoms with Gasteiger partial charge in [-0.2, -0.15) is 0 Å². The van der Waals surface area contributed by atoms with Gasteiger partial charge in [-0.05, 0) is 111 Å². The molecule has 2 saturated heterocycles. The maximum absolute atomic E-state index is 14.2. The van der Waals surface area contributed by atoms with E-state index >= 15 is 0 Å². The summed E-state index contributed by atoms with van der Waals surface area (Å²) in [5.74, 6) is 0.0578. The first-order valence-electron chi connectivity index (χ1n) is 18.0. The molecule has 10 nitrogen and oxygen atoms in total. The number of carbonyl (C=O) groups excluding carboxylic acids is 2. The van der Waals surface area contributed by atoms with Crippen molar-refractivity contribution in [3.63, 3.8) is 0 Å². The lowest BCUT2D eigenvalue weighted by molar-refractivity contribution is -0.284. The van der Waals surface area contributed by atoms with Crippen LogP contribution in [0.15, 0.2) is 0 Å². The highest BCUT2D eigenvalue weighted by Gasteiger charge is 2.49. The molecule has 0 aromatic carbocycles. The first-order valence-corrected chi connectivity index (χ1v) is 18.0. The van der Waals surface area contributed by atoms with Gasteiger partial charge in [0, 0.05) is 44.2 Å². The zero-order chi connectivity index (χ0) is 33.9. The zero-order valence-electron chi connectivity index (χ0n) is 30.4. The predicted molar refractivity (Wildman–Crippen MR) is 178 cm³/mol. The molecule has 0 amide bonds. The summed E-state index contributed by atoms with van der Waals surface area (Å²) in [6.45, 7) is 14.7. The number of Topliss-reactive ketones (excluding diaryl/α,β-unsaturated/α-hetero) is 1. The van der Waals surface area contributed by atoms with Gasteiger partial charge in [-0.3, -0.25) is 14.5 Å². The van der Waals surface area contributed by atoms with Gasteiger partial charge in [0.25, 0.3) is 0 Å². The third-order valence-corrected chi connectivity index (χ3v) is 11.4. The summed E-state index contributed by atoms with van der Waals surface area (Å²) in [7, 11) is 7.79. The average Bonchev–Trinajstić information content (AvgIpc) is 3.79. The molecule has 0 aromatic heterocycles. The van der Waals surface area contributed by atoms with Crippen LogP contribution in [0.3, 0.4) is 0 Å². The highest BCUT2D eigenvalue weighted by molar-refractivity contribution is 6.04. The lowest BCUT2D eigenvalue weighted by Crippen LogP contribution is -2.57. The number of rotatable bonds is 10. The normalized spacial score (nSPS) is 40.2. The summed E-state index contributed by atoms with van der Waals surface area (Å²) in [4.78, 5) is 35.0. The smallest absolute Gasteiger partial charge is 0.319 e. The van der Waals surface area contributed by atoms with E-state index in [1.165, 1.54) is 19.4 Å². The zero-order valence-corrected chi connectivity index (χ0v) is 30.4. The third kappa shape index (κ3) is 8.90. The summed E-state index contributed by atoms with van der Waals surface area (Å²) < 4.78 is 25.0. The van der Waals surface area contributed by atoms with Gasteiger partial charge in [0.15, 0.2) is 12.1 Å². The molecule has 0 bridgehead atoms. The van der Waals surface area contributed by atoms with E-state index in [9.17, 15) is 14.7 Å². The first-order chi connectivity index (χ1) is 21.7. The second kappa shape index (κ2) is 16.0. The van der Waals surface area contributed by atoms with Crippen LogP contribution in [0.4, 0.5) is 0 Å². The molecule has 2 aliphatic carbocycles. The fraction of sp³-hybridized carbons (Fsp3) is 0.944. The van der Waals surface area contributed by atoms with Gasteiger partial charge in [-0.1, -0.05) is 20.8 Å². The van der Waals surface area contributed by atoms with E-state index < -0.39 is 41.9 Å². The van der Waals surface area contributed by atoms with E-state index in [0.29, 0.717) is 31.4 Å². The monoisotopic (exact) mass is 651 g/mol. The van der Waals surface area contributed by atoms with Crippen LogP contribution in [0.25, 0.3) is 0 Å². The molecule has 0 unspecified atom stereocenters. The van der Waals surface area contributed by atoms with Gasteiger partial charge < -0.3 is 33.9 Å². The summed E-state index contributed by atoms with van der Waals surface area (Å²) in [6, 6.07) is 0.526. The summed E-state index contributed by atoms with van der Waals surface area (Å²) in [5.41, 5.74) is -1.38. The van der Waals surface area contributed by atoms with Gasteiger partial charge in [0.1, 0.15) is 18.1 Å². The third-order valence-electron chi connectivity index (χ3n) is 11.4. The Labute approximate surface area is 278 Å². The molecule has 4 aliphatic rings. The number of nitrogens with zero attached hydrogens (tertiary/aromatic N) is 3. The molecule has 10 heteroatoms. The second-order valence-electron chi connectivity index (χ2n) is 16.0. The summed E-state index contributed by atoms with van der Waals surface area (Å²) in [6.07, 6.45) is 4.10. The number of aliphatic hydroxyl groups excluding tert-OH is 1. The molecule has 2 saturated carbocycles. The minimum Gasteiger partial charge on any atom is -0.463 e. The SMILES string of the molecule is CCCN1C[C@H](C)C[C@@H](OC)[C@H](O[C@@H]2O[C@H](C)C[C@H](N(C)C)[C@H]2O)[C@@H](C)C(=O)C(C)(C)C(=O)OC[C@H]1C1CC(N(C)CC2CC2)C1. The number of cyclic esters (lactones) is 1. The van der Waals surface area contributed by atoms with Crippen LogP contribution in [0, 0.1) is 29.1 Å². The molecule has 4 rings (SSSR count). The van der Waals surface area contributed by atoms with Crippen molar-refractivity contribution in [3.8, 4) is 0 Å². The predicted octanol–water partition coefficient (Wildman–Crippen LogP) is 3.83. The number of ketones is 1. The minimum atomic E-state index is -1.38. The van der Waals surface area contributed by atoms with Crippen molar-refractivity contribution in [2.45, 2.75) is 135 Å². The Morgan fingerprint density at radius 3 is 2.30 bits per heavy atom. The number of aliphatic hydroxyl groups is 1. The molecular weight excluding hydrogens is 586 g/mol. The van der Waals surface area contributed by atoms with E-state index in [1.54, 1.807) is 27.9 Å². The van der Waals surface area contributed by atoms with Crippen LogP contribution < -0.4 is 0 Å². The molecule has 9 atom stereocenters. The molecule has 46 heavy (non-hydrogen) atoms. The van der Waals surface area contributed by atoms with Gasteiger partial charge >= 0.3 is 5.97 Å². The van der Waals surface area contributed by atoms with E-state index in [1.807, 2.05) is 25.9 Å². The van der Waals surface area contributed by atoms with Crippen LogP contribution in [-0.2, 0) is 28.5 Å². The van der Waals surface area contributed by atoms with Gasteiger partial charge in [0.05, 0.1) is 18.3 Å². The molecule has 4 fully saturated rings. The molecule has 2 heterocycles. The van der Waals surface area contributed by atoms with Gasteiger partial charge in [0.2, 0.25) is 0 Å². The van der Waals surface area contributed by atoms with Gasteiger partial charge in [-0.15, -0.1) is 0 Å². The summed E-state index contributed by atoms with van der Waals surface area (Å²) in [5, 5.41) is 11.3. The summed E-state index contributed by atoms with van der Waals surface area (Å²) >= 11 is 0. The van der Waals surface area contributed by atoms with Crippen molar-refractivity contribution in [2.75, 3.05) is 54.5 Å². The molecule has 266 valence electrons. The number of hydrogen-bond acceptors (Lipinski definition) is 10. The Morgan fingerprint density at radius 1 is 1.04 bits per heavy atom. The molecule has 0 radical (unpaired) electrons. The average molecular weight is 652 g/mol. The van der Waals surface area contributed by atoms with Crippen molar-refractivity contribution in [1.29, 1.82) is 0 Å². The Bertz CT molecular complexity index is 1000. The molecule has 0 aromatic rings. The van der Waals surface area contributed by atoms with E-state index in [-0.39, 0.29) is 29.9 Å². The number of esters is 1. The molecule has 1 N–H and O–H groups in total. The van der Waals surface area contributed by atoms with Crippen molar-refractivity contribution < 1.29 is 33.6 Å². The largest absolute Gasteiger partial charge is 0.463 e. The number of likely N-dealkylation sites (N-methyl/N-ethyl adjacent to an activating group) is 1. The second-order valence-corrected chi connectivity index (χ2v) is 16.0. The highest BCUT2D eigenvalue weighted by atomic mass is 16.7. The van der Waals surface area contributed by atoms with Crippen LogP contribution in [0.5, 0.6) is 0 Å². The topological polar surface area (TPSA) is 101 Å². The van der Waals surface area contributed by atoms with Crippen molar-refractivity contribution >= 4 is 11.8 Å². The van der Waals surface area contributed by atoms with Crippen molar-refractivity contribution in [2.24, 2.45) is 29.1 Å². The van der Waals surface area contributed by atoms with Crippen LogP contribution in [-0.4, -0.2) is 135 Å². The van der Waals surface area contributed by atoms with E-state index in [0.717, 1.165) is 38.3 Å². The minimum absolute atomic E-state index is 0.101. The highest BCUT2D eigenvalue weighted by Crippen LogP contribution is 2.40. The number of hydrogen-bond donors (Lipinski definition) is 1. The lowest BCUT2D eigenvalue weighted by Gasteiger charge is -2.48. The molecular formula is C36H65N3O7. The standard InChI is InChI=1S/C36H65N3O7/c1-11-14-39-19-22(2)15-30(43-10)32(46-34-31(40)28(37(7)8)16-23(3)45-34)24(4)33(41)36(5,6)35(42)44-21-29(39)26-17-27(18-26)38(9)20-25-12-13-25/h22-32,34,40H,11-21H2,1-10H3/t22-,23-,24-,26?,27?,28+,29+,30-,31-,32-,34+/m1/s1. The van der Waals surface area contributed by atoms with Crippen LogP contribution in [0.1, 0.15) is 86.5 Å².